The molecule has 0 bridgehead atoms. The van der Waals surface area contributed by atoms with Gasteiger partial charge in [-0.15, -0.1) is 0 Å². The third kappa shape index (κ3) is 4.90. The fraction of sp³-hybridized carbons (Fsp3) is 0.185. The second-order valence-electron chi connectivity index (χ2n) is 7.76. The van der Waals surface area contributed by atoms with Gasteiger partial charge < -0.3 is 19.4 Å². The Morgan fingerprint density at radius 3 is 2.30 bits per heavy atom. The average molecular weight is 443 g/mol. The predicted molar refractivity (Wildman–Crippen MR) is 130 cm³/mol. The third-order valence-corrected chi connectivity index (χ3v) is 5.45. The fourth-order valence-electron chi connectivity index (χ4n) is 3.72. The van der Waals surface area contributed by atoms with Gasteiger partial charge >= 0.3 is 0 Å². The van der Waals surface area contributed by atoms with Crippen molar-refractivity contribution in [2.24, 2.45) is 0 Å². The van der Waals surface area contributed by atoms with E-state index in [4.69, 9.17) is 9.47 Å². The van der Waals surface area contributed by atoms with Gasteiger partial charge in [0, 0.05) is 22.3 Å². The van der Waals surface area contributed by atoms with E-state index in [1.165, 1.54) is 0 Å². The number of amides is 1. The zero-order valence-electron chi connectivity index (χ0n) is 18.9. The molecule has 4 aromatic rings. The van der Waals surface area contributed by atoms with Crippen molar-refractivity contribution < 1.29 is 14.3 Å². The molecule has 0 saturated heterocycles. The normalized spacial score (nSPS) is 10.8. The van der Waals surface area contributed by atoms with Gasteiger partial charge in [-0.2, -0.15) is 0 Å². The maximum atomic E-state index is 13.5. The molecule has 1 N–H and O–H groups in total. The largest absolute Gasteiger partial charge is 0.497 e. The summed E-state index contributed by atoms with van der Waals surface area (Å²) in [5.74, 6) is 1.17. The van der Waals surface area contributed by atoms with Crippen molar-refractivity contribution in [3.63, 3.8) is 0 Å². The third-order valence-electron chi connectivity index (χ3n) is 5.45. The summed E-state index contributed by atoms with van der Waals surface area (Å²) in [7, 11) is 1.58. The molecule has 0 aliphatic carbocycles. The summed E-state index contributed by atoms with van der Waals surface area (Å²) in [6.07, 6.45) is 0. The number of rotatable bonds is 7. The van der Waals surface area contributed by atoms with E-state index in [2.05, 4.69) is 4.98 Å². The zero-order chi connectivity index (χ0) is 23.4. The summed E-state index contributed by atoms with van der Waals surface area (Å²) >= 11 is 0. The summed E-state index contributed by atoms with van der Waals surface area (Å²) < 4.78 is 10.7. The number of H-pyrrole nitrogens is 1. The van der Waals surface area contributed by atoms with Crippen molar-refractivity contribution in [1.29, 1.82) is 0 Å². The molecule has 6 nitrogen and oxygen atoms in total. The van der Waals surface area contributed by atoms with Crippen LogP contribution in [0.2, 0.25) is 0 Å². The summed E-state index contributed by atoms with van der Waals surface area (Å²) in [6.45, 7) is 4.60. The molecule has 0 saturated carbocycles. The average Bonchev–Trinajstić information content (AvgIpc) is 2.83. The number of carbonyl (C=O) groups excluding carboxylic acids is 1. The number of methoxy groups -OCH3 is 1. The van der Waals surface area contributed by atoms with Crippen molar-refractivity contribution in [3.8, 4) is 11.5 Å². The van der Waals surface area contributed by atoms with E-state index in [0.29, 0.717) is 29.2 Å². The molecule has 33 heavy (non-hydrogen) atoms. The monoisotopic (exact) mass is 442 g/mol. The van der Waals surface area contributed by atoms with Gasteiger partial charge in [-0.05, 0) is 86.0 Å². The maximum Gasteiger partial charge on any atom is 0.258 e. The van der Waals surface area contributed by atoms with E-state index in [-0.39, 0.29) is 18.0 Å². The van der Waals surface area contributed by atoms with Crippen LogP contribution in [0, 0.1) is 6.92 Å². The van der Waals surface area contributed by atoms with Crippen molar-refractivity contribution >= 4 is 22.5 Å². The first kappa shape index (κ1) is 22.1. The summed E-state index contributed by atoms with van der Waals surface area (Å²) in [5, 5.41) is 0.924. The van der Waals surface area contributed by atoms with Crippen LogP contribution in [0.25, 0.3) is 10.9 Å². The van der Waals surface area contributed by atoms with E-state index in [9.17, 15) is 9.59 Å². The van der Waals surface area contributed by atoms with Crippen LogP contribution in [0.1, 0.15) is 28.4 Å². The molecule has 0 atom stereocenters. The minimum atomic E-state index is -0.218. The Morgan fingerprint density at radius 1 is 0.939 bits per heavy atom. The number of aryl methyl sites for hydroxylation is 1. The molecule has 6 heteroatoms. The van der Waals surface area contributed by atoms with Crippen molar-refractivity contribution in [1.82, 2.24) is 4.98 Å². The van der Waals surface area contributed by atoms with Crippen LogP contribution < -0.4 is 19.9 Å². The van der Waals surface area contributed by atoms with Gasteiger partial charge in [-0.3, -0.25) is 9.59 Å². The number of ether oxygens (including phenoxy) is 2. The predicted octanol–water partition coefficient (Wildman–Crippen LogP) is 5.09. The number of pyridine rings is 1. The molecule has 1 amide bonds. The molecule has 1 aromatic heterocycles. The highest BCUT2D eigenvalue weighted by molar-refractivity contribution is 6.06. The van der Waals surface area contributed by atoms with Crippen LogP contribution in [0.15, 0.2) is 77.6 Å². The standard InChI is InChI=1S/C27H26N2O4/c1-4-33-24-12-8-22(9-13-24)29(27(31)19-6-10-23(32-3)11-7-19)17-21-16-20-15-18(2)5-14-25(20)28-26(21)30/h5-16H,4,17H2,1-3H3,(H,28,30). The Morgan fingerprint density at radius 2 is 1.64 bits per heavy atom. The van der Waals surface area contributed by atoms with Gasteiger partial charge in [0.1, 0.15) is 11.5 Å². The number of aromatic amines is 1. The summed E-state index contributed by atoms with van der Waals surface area (Å²) in [4.78, 5) is 30.9. The second-order valence-corrected chi connectivity index (χ2v) is 7.76. The van der Waals surface area contributed by atoms with Crippen LogP contribution in [0.4, 0.5) is 5.69 Å². The second kappa shape index (κ2) is 9.61. The lowest BCUT2D eigenvalue weighted by Gasteiger charge is -2.23. The van der Waals surface area contributed by atoms with Gasteiger partial charge in [0.25, 0.3) is 11.5 Å². The zero-order valence-corrected chi connectivity index (χ0v) is 18.9. The van der Waals surface area contributed by atoms with E-state index in [1.54, 1.807) is 36.3 Å². The molecule has 0 unspecified atom stereocenters. The molecule has 1 heterocycles. The topological polar surface area (TPSA) is 71.6 Å². The number of nitrogens with one attached hydrogen (secondary N) is 1. The smallest absolute Gasteiger partial charge is 0.258 e. The molecule has 168 valence electrons. The highest BCUT2D eigenvalue weighted by Crippen LogP contribution is 2.24. The Bertz CT molecular complexity index is 1330. The number of benzene rings is 3. The maximum absolute atomic E-state index is 13.5. The molecule has 0 fully saturated rings. The van der Waals surface area contributed by atoms with Crippen molar-refractivity contribution in [2.45, 2.75) is 20.4 Å². The minimum absolute atomic E-state index is 0.123. The highest BCUT2D eigenvalue weighted by Gasteiger charge is 2.20. The molecular formula is C27H26N2O4. The molecule has 3 aromatic carbocycles. The van der Waals surface area contributed by atoms with Gasteiger partial charge in [-0.25, -0.2) is 0 Å². The van der Waals surface area contributed by atoms with Crippen molar-refractivity contribution in [2.75, 3.05) is 18.6 Å². The summed E-state index contributed by atoms with van der Waals surface area (Å²) in [6, 6.07) is 21.9. The van der Waals surface area contributed by atoms with Crippen LogP contribution in [-0.2, 0) is 6.54 Å². The molecule has 0 aliphatic rings. The van der Waals surface area contributed by atoms with Gasteiger partial charge in [-0.1, -0.05) is 11.6 Å². The van der Waals surface area contributed by atoms with E-state index >= 15 is 0 Å². The number of aromatic nitrogens is 1. The first-order valence-corrected chi connectivity index (χ1v) is 10.8. The number of anilines is 1. The lowest BCUT2D eigenvalue weighted by molar-refractivity contribution is 0.0985. The van der Waals surface area contributed by atoms with E-state index in [0.717, 1.165) is 22.2 Å². The van der Waals surface area contributed by atoms with E-state index in [1.807, 2.05) is 62.4 Å². The van der Waals surface area contributed by atoms with Crippen LogP contribution in [0.3, 0.4) is 0 Å². The Labute approximate surface area is 192 Å². The van der Waals surface area contributed by atoms with Gasteiger partial charge in [0.15, 0.2) is 0 Å². The Kier molecular flexibility index (Phi) is 6.45. The van der Waals surface area contributed by atoms with Gasteiger partial charge in [0.2, 0.25) is 0 Å². The van der Waals surface area contributed by atoms with Crippen LogP contribution in [0.5, 0.6) is 11.5 Å². The molecule has 4 rings (SSSR count). The number of carbonyl (C=O) groups is 1. The lowest BCUT2D eigenvalue weighted by Crippen LogP contribution is -2.32. The first-order valence-electron chi connectivity index (χ1n) is 10.8. The van der Waals surface area contributed by atoms with Crippen LogP contribution in [-0.4, -0.2) is 24.6 Å². The van der Waals surface area contributed by atoms with Gasteiger partial charge in [0.05, 0.1) is 20.3 Å². The highest BCUT2D eigenvalue weighted by atomic mass is 16.5. The SMILES string of the molecule is CCOc1ccc(N(Cc2cc3cc(C)ccc3[nH]c2=O)C(=O)c2ccc(OC)cc2)cc1. The number of hydrogen-bond acceptors (Lipinski definition) is 4. The lowest BCUT2D eigenvalue weighted by atomic mass is 10.1. The number of fused-ring (bicyclic) bond motifs is 1. The molecular weight excluding hydrogens is 416 g/mol. The fourth-order valence-corrected chi connectivity index (χ4v) is 3.72. The quantitative estimate of drug-likeness (QED) is 0.433. The van der Waals surface area contributed by atoms with E-state index < -0.39 is 0 Å². The molecule has 0 radical (unpaired) electrons. The van der Waals surface area contributed by atoms with Crippen LogP contribution >= 0.6 is 0 Å². The Hall–Kier alpha value is -4.06. The molecule has 0 aliphatic heterocycles. The van der Waals surface area contributed by atoms with Crippen molar-refractivity contribution in [3.05, 3.63) is 99.8 Å². The molecule has 0 spiro atoms. The summed E-state index contributed by atoms with van der Waals surface area (Å²) in [5.41, 5.74) is 3.32. The first-order chi connectivity index (χ1) is 16.0. The Balaban J connectivity index is 1.74. The minimum Gasteiger partial charge on any atom is -0.497 e. The number of hydrogen-bond donors (Lipinski definition) is 1. The number of nitrogens with zero attached hydrogens (tertiary/aromatic N) is 1.